The lowest BCUT2D eigenvalue weighted by Crippen LogP contribution is -2.22. The number of aryl methyl sites for hydroxylation is 2. The molecular formula is C29H32N2O6. The van der Waals surface area contributed by atoms with Crippen LogP contribution in [0.4, 0.5) is 10.5 Å². The van der Waals surface area contributed by atoms with Gasteiger partial charge >= 0.3 is 6.16 Å². The number of carbonyl (C=O) groups is 3. The van der Waals surface area contributed by atoms with Crippen molar-refractivity contribution in [2.75, 3.05) is 18.5 Å². The third kappa shape index (κ3) is 8.68. The number of anilines is 1. The number of hydrogen-bond donors (Lipinski definition) is 2. The fourth-order valence-electron chi connectivity index (χ4n) is 3.62. The van der Waals surface area contributed by atoms with Crippen molar-refractivity contribution in [3.8, 4) is 11.5 Å². The van der Waals surface area contributed by atoms with Gasteiger partial charge in [-0.05, 0) is 80.3 Å². The predicted octanol–water partition coefficient (Wildman–Crippen LogP) is 5.57. The second-order valence-corrected chi connectivity index (χ2v) is 8.41. The Kier molecular flexibility index (Phi) is 10.1. The minimum absolute atomic E-state index is 0.101. The van der Waals surface area contributed by atoms with Gasteiger partial charge in [0.05, 0.1) is 13.2 Å². The summed E-state index contributed by atoms with van der Waals surface area (Å²) in [6, 6.07) is 19.5. The first-order chi connectivity index (χ1) is 17.9. The zero-order chi connectivity index (χ0) is 26.6. The highest BCUT2D eigenvalue weighted by atomic mass is 16.7. The van der Waals surface area contributed by atoms with Crippen LogP contribution >= 0.6 is 0 Å². The van der Waals surface area contributed by atoms with Crippen LogP contribution in [0.25, 0.3) is 0 Å². The van der Waals surface area contributed by atoms with Gasteiger partial charge in [-0.2, -0.15) is 0 Å². The van der Waals surface area contributed by atoms with Crippen LogP contribution in [0.2, 0.25) is 0 Å². The Morgan fingerprint density at radius 2 is 1.59 bits per heavy atom. The van der Waals surface area contributed by atoms with Crippen molar-refractivity contribution < 1.29 is 28.6 Å². The van der Waals surface area contributed by atoms with Gasteiger partial charge in [0.2, 0.25) is 5.91 Å². The SMILES string of the molecule is CCOC(=O)Oc1ccc(C(=O)NCc2cccc(NC(=O)CCCOc3c(C)cccc3C)c2)cc1. The number of ether oxygens (including phenoxy) is 3. The lowest BCUT2D eigenvalue weighted by atomic mass is 10.1. The largest absolute Gasteiger partial charge is 0.513 e. The molecule has 0 aromatic heterocycles. The standard InChI is InChI=1S/C29H32N2O6/c1-4-35-29(34)37-25-15-13-23(14-16-25)28(33)30-19-22-10-6-11-24(18-22)31-26(32)12-7-17-36-27-20(2)8-5-9-21(27)3/h5-6,8-11,13-16,18H,4,7,12,17,19H2,1-3H3,(H,30,33)(H,31,32). The van der Waals surface area contributed by atoms with Crippen molar-refractivity contribution in [2.24, 2.45) is 0 Å². The third-order valence-corrected chi connectivity index (χ3v) is 5.45. The molecule has 3 aromatic rings. The first-order valence-corrected chi connectivity index (χ1v) is 12.2. The first-order valence-electron chi connectivity index (χ1n) is 12.2. The summed E-state index contributed by atoms with van der Waals surface area (Å²) in [5.41, 5.74) is 4.07. The quantitative estimate of drug-likeness (QED) is 0.201. The molecule has 0 unspecified atom stereocenters. The second-order valence-electron chi connectivity index (χ2n) is 8.41. The van der Waals surface area contributed by atoms with Crippen molar-refractivity contribution in [3.05, 3.63) is 89.0 Å². The summed E-state index contributed by atoms with van der Waals surface area (Å²) in [4.78, 5) is 36.2. The van der Waals surface area contributed by atoms with E-state index in [0.29, 0.717) is 30.7 Å². The summed E-state index contributed by atoms with van der Waals surface area (Å²) in [5, 5.41) is 5.74. The van der Waals surface area contributed by atoms with Crippen LogP contribution in [-0.2, 0) is 16.1 Å². The van der Waals surface area contributed by atoms with Crippen molar-refractivity contribution in [1.82, 2.24) is 5.32 Å². The van der Waals surface area contributed by atoms with E-state index in [1.807, 2.05) is 50.2 Å². The van der Waals surface area contributed by atoms with E-state index in [2.05, 4.69) is 10.6 Å². The zero-order valence-electron chi connectivity index (χ0n) is 21.3. The minimum atomic E-state index is -0.794. The molecule has 8 heteroatoms. The van der Waals surface area contributed by atoms with Gasteiger partial charge in [0.25, 0.3) is 5.91 Å². The Morgan fingerprint density at radius 1 is 0.892 bits per heavy atom. The van der Waals surface area contributed by atoms with Crippen LogP contribution in [0.15, 0.2) is 66.7 Å². The predicted molar refractivity (Wildman–Crippen MR) is 141 cm³/mol. The van der Waals surface area contributed by atoms with Gasteiger partial charge in [0, 0.05) is 24.2 Å². The average Bonchev–Trinajstić information content (AvgIpc) is 2.87. The highest BCUT2D eigenvalue weighted by Crippen LogP contribution is 2.22. The van der Waals surface area contributed by atoms with E-state index in [4.69, 9.17) is 14.2 Å². The zero-order valence-corrected chi connectivity index (χ0v) is 21.3. The van der Waals surface area contributed by atoms with E-state index in [1.54, 1.807) is 25.1 Å². The Hall–Kier alpha value is -4.33. The summed E-state index contributed by atoms with van der Waals surface area (Å²) in [5.74, 6) is 0.784. The smallest absolute Gasteiger partial charge is 0.493 e. The molecule has 194 valence electrons. The van der Waals surface area contributed by atoms with Gasteiger partial charge in [-0.25, -0.2) is 4.79 Å². The van der Waals surface area contributed by atoms with Crippen molar-refractivity contribution in [3.63, 3.8) is 0 Å². The van der Waals surface area contributed by atoms with E-state index >= 15 is 0 Å². The van der Waals surface area contributed by atoms with Crippen LogP contribution in [0.1, 0.15) is 46.8 Å². The van der Waals surface area contributed by atoms with Crippen LogP contribution in [0.3, 0.4) is 0 Å². The van der Waals surface area contributed by atoms with E-state index in [-0.39, 0.29) is 30.7 Å². The molecule has 37 heavy (non-hydrogen) atoms. The minimum Gasteiger partial charge on any atom is -0.493 e. The third-order valence-electron chi connectivity index (χ3n) is 5.45. The Labute approximate surface area is 216 Å². The number of para-hydroxylation sites is 1. The van der Waals surface area contributed by atoms with Gasteiger partial charge < -0.3 is 24.8 Å². The maximum Gasteiger partial charge on any atom is 0.513 e. The maximum atomic E-state index is 12.5. The molecule has 2 amide bonds. The highest BCUT2D eigenvalue weighted by molar-refractivity contribution is 5.94. The van der Waals surface area contributed by atoms with Crippen LogP contribution in [0.5, 0.6) is 11.5 Å². The monoisotopic (exact) mass is 504 g/mol. The van der Waals surface area contributed by atoms with Crippen molar-refractivity contribution in [2.45, 2.75) is 40.2 Å². The summed E-state index contributed by atoms with van der Waals surface area (Å²) < 4.78 is 15.6. The molecule has 0 heterocycles. The molecule has 0 saturated heterocycles. The Morgan fingerprint density at radius 3 is 2.30 bits per heavy atom. The van der Waals surface area contributed by atoms with Crippen molar-refractivity contribution in [1.29, 1.82) is 0 Å². The molecule has 2 N–H and O–H groups in total. The molecule has 0 aliphatic carbocycles. The molecule has 8 nitrogen and oxygen atoms in total. The Bertz CT molecular complexity index is 1200. The molecule has 0 spiro atoms. The number of rotatable bonds is 11. The molecule has 0 radical (unpaired) electrons. The molecule has 0 saturated carbocycles. The van der Waals surface area contributed by atoms with Crippen LogP contribution in [0, 0.1) is 13.8 Å². The van der Waals surface area contributed by atoms with Gasteiger partial charge in [0.1, 0.15) is 11.5 Å². The van der Waals surface area contributed by atoms with Gasteiger partial charge in [-0.1, -0.05) is 30.3 Å². The molecule has 3 rings (SSSR count). The van der Waals surface area contributed by atoms with Gasteiger partial charge in [0.15, 0.2) is 0 Å². The van der Waals surface area contributed by atoms with E-state index in [9.17, 15) is 14.4 Å². The molecule has 0 atom stereocenters. The topological polar surface area (TPSA) is 103 Å². The number of carbonyl (C=O) groups excluding carboxylic acids is 3. The molecule has 0 aliphatic rings. The van der Waals surface area contributed by atoms with Crippen molar-refractivity contribution >= 4 is 23.7 Å². The van der Waals surface area contributed by atoms with E-state index < -0.39 is 6.16 Å². The van der Waals surface area contributed by atoms with Crippen LogP contribution < -0.4 is 20.1 Å². The highest BCUT2D eigenvalue weighted by Gasteiger charge is 2.10. The number of benzene rings is 3. The number of amides is 2. The van der Waals surface area contributed by atoms with E-state index in [0.717, 1.165) is 22.4 Å². The maximum absolute atomic E-state index is 12.5. The summed E-state index contributed by atoms with van der Waals surface area (Å²) >= 11 is 0. The summed E-state index contributed by atoms with van der Waals surface area (Å²) in [6.45, 7) is 6.65. The summed E-state index contributed by atoms with van der Waals surface area (Å²) in [6.07, 6.45) is 0.137. The number of hydrogen-bond acceptors (Lipinski definition) is 6. The molecule has 3 aromatic carbocycles. The van der Waals surface area contributed by atoms with Gasteiger partial charge in [-0.3, -0.25) is 9.59 Å². The van der Waals surface area contributed by atoms with Crippen LogP contribution in [-0.4, -0.2) is 31.2 Å². The summed E-state index contributed by atoms with van der Waals surface area (Å²) in [7, 11) is 0. The number of nitrogens with one attached hydrogen (secondary N) is 2. The Balaban J connectivity index is 1.43. The molecule has 0 aliphatic heterocycles. The molecule has 0 fully saturated rings. The lowest BCUT2D eigenvalue weighted by Gasteiger charge is -2.12. The fraction of sp³-hybridized carbons (Fsp3) is 0.276. The second kappa shape index (κ2) is 13.7. The van der Waals surface area contributed by atoms with Gasteiger partial charge in [-0.15, -0.1) is 0 Å². The van der Waals surface area contributed by atoms with E-state index in [1.165, 1.54) is 12.1 Å². The first kappa shape index (κ1) is 27.3. The normalized spacial score (nSPS) is 10.4. The fourth-order valence-corrected chi connectivity index (χ4v) is 3.62. The molecule has 0 bridgehead atoms. The average molecular weight is 505 g/mol. The lowest BCUT2D eigenvalue weighted by molar-refractivity contribution is -0.116. The molecular weight excluding hydrogens is 472 g/mol.